The number of carbonyl (C=O) groups is 1. The van der Waals surface area contributed by atoms with Crippen LogP contribution < -0.4 is 0 Å². The number of imidazole rings is 1. The minimum absolute atomic E-state index is 0.123. The lowest BCUT2D eigenvalue weighted by molar-refractivity contribution is 0.0562. The van der Waals surface area contributed by atoms with Gasteiger partial charge in [0.25, 0.3) is 5.91 Å². The first-order valence-corrected chi connectivity index (χ1v) is 12.7. The highest BCUT2D eigenvalue weighted by Crippen LogP contribution is 2.26. The fraction of sp³-hybridized carbons (Fsp3) is 0.414. The second kappa shape index (κ2) is 11.8. The SMILES string of the molecule is CCCCCc1ccc(C(=O)N2CCN(C(Cc3ccc(C#N)cc3)c3cnc[nH]3)CC2)cc1C. The predicted molar refractivity (Wildman–Crippen MR) is 138 cm³/mol. The Labute approximate surface area is 208 Å². The zero-order valence-electron chi connectivity index (χ0n) is 20.8. The van der Waals surface area contributed by atoms with Crippen LogP contribution in [-0.4, -0.2) is 51.9 Å². The summed E-state index contributed by atoms with van der Waals surface area (Å²) in [6.07, 6.45) is 9.17. The number of nitriles is 1. The lowest BCUT2D eigenvalue weighted by Crippen LogP contribution is -2.50. The molecule has 1 saturated heterocycles. The molecule has 0 aliphatic carbocycles. The number of piperazine rings is 1. The first-order valence-electron chi connectivity index (χ1n) is 12.7. The number of aromatic amines is 1. The minimum Gasteiger partial charge on any atom is -0.347 e. The third-order valence-electron chi connectivity index (χ3n) is 7.07. The van der Waals surface area contributed by atoms with E-state index in [1.54, 1.807) is 6.33 Å². The number of hydrogen-bond donors (Lipinski definition) is 1. The van der Waals surface area contributed by atoms with Gasteiger partial charge in [0.05, 0.1) is 29.7 Å². The van der Waals surface area contributed by atoms with Crippen LogP contribution in [0.3, 0.4) is 0 Å². The summed E-state index contributed by atoms with van der Waals surface area (Å²) in [7, 11) is 0. The highest BCUT2D eigenvalue weighted by molar-refractivity contribution is 5.94. The highest BCUT2D eigenvalue weighted by Gasteiger charge is 2.28. The average molecular weight is 470 g/mol. The molecule has 182 valence electrons. The third kappa shape index (κ3) is 6.17. The quantitative estimate of drug-likeness (QED) is 0.444. The molecule has 6 heteroatoms. The molecule has 0 radical (unpaired) electrons. The van der Waals surface area contributed by atoms with E-state index in [1.165, 1.54) is 36.0 Å². The minimum atomic E-state index is 0.123. The molecule has 1 N–H and O–H groups in total. The van der Waals surface area contributed by atoms with E-state index in [-0.39, 0.29) is 11.9 Å². The zero-order valence-corrected chi connectivity index (χ0v) is 20.8. The summed E-state index contributed by atoms with van der Waals surface area (Å²) in [5, 5.41) is 9.09. The van der Waals surface area contributed by atoms with Gasteiger partial charge in [0, 0.05) is 37.9 Å². The molecular weight excluding hydrogens is 434 g/mol. The van der Waals surface area contributed by atoms with E-state index in [0.717, 1.165) is 37.2 Å². The third-order valence-corrected chi connectivity index (χ3v) is 7.07. The number of hydrogen-bond acceptors (Lipinski definition) is 4. The van der Waals surface area contributed by atoms with Gasteiger partial charge in [-0.1, -0.05) is 38.0 Å². The normalized spacial score (nSPS) is 15.1. The standard InChI is InChI=1S/C29H35N5O/c1-3-4-5-6-25-11-12-26(17-22(25)2)29(35)34-15-13-33(14-16-34)28(27-20-31-21-32-27)18-23-7-9-24(19-30)10-8-23/h7-12,17,20-21,28H,3-6,13-16,18H2,1-2H3,(H,31,32). The van der Waals surface area contributed by atoms with Crippen LogP contribution in [0.1, 0.15) is 70.5 Å². The monoisotopic (exact) mass is 469 g/mol. The van der Waals surface area contributed by atoms with Crippen molar-refractivity contribution in [3.63, 3.8) is 0 Å². The van der Waals surface area contributed by atoms with Crippen LogP contribution in [-0.2, 0) is 12.8 Å². The molecule has 6 nitrogen and oxygen atoms in total. The Balaban J connectivity index is 1.39. The van der Waals surface area contributed by atoms with Gasteiger partial charge in [0.2, 0.25) is 0 Å². The van der Waals surface area contributed by atoms with Gasteiger partial charge in [-0.05, 0) is 67.1 Å². The van der Waals surface area contributed by atoms with Crippen molar-refractivity contribution in [2.24, 2.45) is 0 Å². The first-order chi connectivity index (χ1) is 17.1. The van der Waals surface area contributed by atoms with E-state index in [1.807, 2.05) is 41.4 Å². The van der Waals surface area contributed by atoms with E-state index in [2.05, 4.69) is 46.9 Å². The van der Waals surface area contributed by atoms with E-state index in [4.69, 9.17) is 5.26 Å². The van der Waals surface area contributed by atoms with Crippen molar-refractivity contribution in [1.29, 1.82) is 5.26 Å². The maximum absolute atomic E-state index is 13.2. The number of aromatic nitrogens is 2. The lowest BCUT2D eigenvalue weighted by Gasteiger charge is -2.39. The molecule has 1 aromatic heterocycles. The Morgan fingerprint density at radius 1 is 1.11 bits per heavy atom. The van der Waals surface area contributed by atoms with Crippen LogP contribution in [0.25, 0.3) is 0 Å². The largest absolute Gasteiger partial charge is 0.347 e. The van der Waals surface area contributed by atoms with Crippen molar-refractivity contribution in [2.45, 2.75) is 52.0 Å². The molecular formula is C29H35N5O. The van der Waals surface area contributed by atoms with Crippen molar-refractivity contribution in [3.8, 4) is 6.07 Å². The number of unbranched alkanes of at least 4 members (excludes halogenated alkanes) is 2. The topological polar surface area (TPSA) is 76.0 Å². The number of H-pyrrole nitrogens is 1. The Bertz CT molecular complexity index is 1140. The van der Waals surface area contributed by atoms with Crippen molar-refractivity contribution in [3.05, 3.63) is 88.5 Å². The molecule has 35 heavy (non-hydrogen) atoms. The number of carbonyl (C=O) groups excluding carboxylic acids is 1. The molecule has 2 heterocycles. The molecule has 2 aromatic carbocycles. The number of amides is 1. The van der Waals surface area contributed by atoms with E-state index >= 15 is 0 Å². The Kier molecular flexibility index (Phi) is 8.33. The second-order valence-electron chi connectivity index (χ2n) is 9.46. The summed E-state index contributed by atoms with van der Waals surface area (Å²) in [6.45, 7) is 7.36. The molecule has 1 unspecified atom stereocenters. The number of aryl methyl sites for hydroxylation is 2. The van der Waals surface area contributed by atoms with Gasteiger partial charge in [-0.2, -0.15) is 5.26 Å². The van der Waals surface area contributed by atoms with Crippen molar-refractivity contribution >= 4 is 5.91 Å². The number of nitrogens with one attached hydrogen (secondary N) is 1. The zero-order chi connectivity index (χ0) is 24.6. The summed E-state index contributed by atoms with van der Waals surface area (Å²) in [5.41, 5.74) is 6.28. The molecule has 1 amide bonds. The average Bonchev–Trinajstić information content (AvgIpc) is 3.43. The summed E-state index contributed by atoms with van der Waals surface area (Å²) in [6, 6.07) is 16.3. The summed E-state index contributed by atoms with van der Waals surface area (Å²) >= 11 is 0. The Hall–Kier alpha value is -3.43. The maximum atomic E-state index is 13.2. The smallest absolute Gasteiger partial charge is 0.253 e. The molecule has 1 aliphatic rings. The molecule has 0 saturated carbocycles. The molecule has 4 rings (SSSR count). The van der Waals surface area contributed by atoms with Crippen LogP contribution in [0.5, 0.6) is 0 Å². The van der Waals surface area contributed by atoms with Crippen LogP contribution in [0.4, 0.5) is 0 Å². The predicted octanol–water partition coefficient (Wildman–Crippen LogP) is 5.06. The van der Waals surface area contributed by atoms with Gasteiger partial charge in [0.15, 0.2) is 0 Å². The second-order valence-corrected chi connectivity index (χ2v) is 9.46. The molecule has 1 fully saturated rings. The van der Waals surface area contributed by atoms with Gasteiger partial charge in [-0.3, -0.25) is 9.69 Å². The molecule has 0 spiro atoms. The molecule has 3 aromatic rings. The van der Waals surface area contributed by atoms with Crippen LogP contribution in [0, 0.1) is 18.3 Å². The van der Waals surface area contributed by atoms with Crippen LogP contribution >= 0.6 is 0 Å². The van der Waals surface area contributed by atoms with Gasteiger partial charge in [-0.25, -0.2) is 4.98 Å². The summed E-state index contributed by atoms with van der Waals surface area (Å²) in [4.78, 5) is 25.2. The molecule has 1 aliphatic heterocycles. The fourth-order valence-electron chi connectivity index (χ4n) is 4.92. The lowest BCUT2D eigenvalue weighted by atomic mass is 9.99. The number of nitrogens with zero attached hydrogens (tertiary/aromatic N) is 4. The Morgan fingerprint density at radius 3 is 2.51 bits per heavy atom. The Morgan fingerprint density at radius 2 is 1.89 bits per heavy atom. The number of benzene rings is 2. The molecule has 1 atom stereocenters. The van der Waals surface area contributed by atoms with Gasteiger partial charge in [-0.15, -0.1) is 0 Å². The van der Waals surface area contributed by atoms with E-state index in [9.17, 15) is 4.79 Å². The van der Waals surface area contributed by atoms with E-state index < -0.39 is 0 Å². The summed E-state index contributed by atoms with van der Waals surface area (Å²) < 4.78 is 0. The fourth-order valence-corrected chi connectivity index (χ4v) is 4.92. The molecule has 0 bridgehead atoms. The maximum Gasteiger partial charge on any atom is 0.253 e. The highest BCUT2D eigenvalue weighted by atomic mass is 16.2. The summed E-state index contributed by atoms with van der Waals surface area (Å²) in [5.74, 6) is 0.123. The van der Waals surface area contributed by atoms with Gasteiger partial charge < -0.3 is 9.88 Å². The van der Waals surface area contributed by atoms with Crippen LogP contribution in [0.15, 0.2) is 55.0 Å². The van der Waals surface area contributed by atoms with Crippen LogP contribution in [0.2, 0.25) is 0 Å². The van der Waals surface area contributed by atoms with Gasteiger partial charge in [0.1, 0.15) is 0 Å². The van der Waals surface area contributed by atoms with Gasteiger partial charge >= 0.3 is 0 Å². The number of rotatable bonds is 9. The van der Waals surface area contributed by atoms with E-state index in [0.29, 0.717) is 18.7 Å². The first kappa shape index (κ1) is 24.7. The van der Waals surface area contributed by atoms with Crippen molar-refractivity contribution in [1.82, 2.24) is 19.8 Å². The van der Waals surface area contributed by atoms with Crippen molar-refractivity contribution < 1.29 is 4.79 Å². The van der Waals surface area contributed by atoms with Crippen molar-refractivity contribution in [2.75, 3.05) is 26.2 Å².